The summed E-state index contributed by atoms with van der Waals surface area (Å²) in [5.41, 5.74) is 3.38. The highest BCUT2D eigenvalue weighted by Gasteiger charge is 2.25. The number of hydrogen-bond donors (Lipinski definition) is 0. The molecule has 156 valence electrons. The predicted octanol–water partition coefficient (Wildman–Crippen LogP) is 4.04. The van der Waals surface area contributed by atoms with Gasteiger partial charge in [-0.1, -0.05) is 59.8 Å². The van der Waals surface area contributed by atoms with Gasteiger partial charge in [0, 0.05) is 37.8 Å². The van der Waals surface area contributed by atoms with Crippen LogP contribution in [0.5, 0.6) is 0 Å². The van der Waals surface area contributed by atoms with Gasteiger partial charge in [0.2, 0.25) is 11.8 Å². The van der Waals surface area contributed by atoms with E-state index in [0.29, 0.717) is 22.9 Å². The van der Waals surface area contributed by atoms with E-state index in [0.717, 1.165) is 31.7 Å². The Morgan fingerprint density at radius 2 is 1.73 bits per heavy atom. The van der Waals surface area contributed by atoms with E-state index in [1.165, 1.54) is 22.9 Å². The highest BCUT2D eigenvalue weighted by Crippen LogP contribution is 2.25. The van der Waals surface area contributed by atoms with Crippen molar-refractivity contribution in [2.24, 2.45) is 0 Å². The number of aryl methyl sites for hydroxylation is 1. The van der Waals surface area contributed by atoms with Crippen molar-refractivity contribution in [1.29, 1.82) is 0 Å². The molecule has 1 fully saturated rings. The monoisotopic (exact) mass is 422 g/mol. The molecule has 30 heavy (non-hydrogen) atoms. The Morgan fingerprint density at radius 1 is 1.03 bits per heavy atom. The van der Waals surface area contributed by atoms with Crippen LogP contribution in [0.3, 0.4) is 0 Å². The fraction of sp³-hybridized carbons (Fsp3) is 0.348. The Labute approximate surface area is 181 Å². The summed E-state index contributed by atoms with van der Waals surface area (Å²) < 4.78 is 5.71. The standard InChI is InChI=1S/C23H26N4O2S/c1-17-8-10-20(11-9-17)22-24-25-23(29-22)30-16-21(28)27-14-12-26(13-15-27)18(2)19-6-4-3-5-7-19/h3-11,18H,12-16H2,1-2H3. The molecule has 1 amide bonds. The van der Waals surface area contributed by atoms with E-state index >= 15 is 0 Å². The largest absolute Gasteiger partial charge is 0.411 e. The second-order valence-electron chi connectivity index (χ2n) is 7.53. The summed E-state index contributed by atoms with van der Waals surface area (Å²) in [5.74, 6) is 0.902. The average Bonchev–Trinajstić information content (AvgIpc) is 3.27. The quantitative estimate of drug-likeness (QED) is 0.559. The molecule has 2 aromatic carbocycles. The minimum atomic E-state index is 0.113. The number of carbonyl (C=O) groups is 1. The van der Waals surface area contributed by atoms with Gasteiger partial charge in [0.05, 0.1) is 5.75 Å². The van der Waals surface area contributed by atoms with Crippen LogP contribution in [0, 0.1) is 6.92 Å². The first kappa shape index (κ1) is 20.6. The molecule has 0 saturated carbocycles. The van der Waals surface area contributed by atoms with E-state index in [1.807, 2.05) is 42.2 Å². The highest BCUT2D eigenvalue weighted by molar-refractivity contribution is 7.99. The highest BCUT2D eigenvalue weighted by atomic mass is 32.2. The third-order valence-corrected chi connectivity index (χ3v) is 6.32. The maximum Gasteiger partial charge on any atom is 0.277 e. The van der Waals surface area contributed by atoms with Gasteiger partial charge < -0.3 is 9.32 Å². The van der Waals surface area contributed by atoms with E-state index in [4.69, 9.17) is 4.42 Å². The number of nitrogens with zero attached hydrogens (tertiary/aromatic N) is 4. The molecule has 1 atom stereocenters. The molecule has 3 aromatic rings. The Bertz CT molecular complexity index is 966. The second kappa shape index (κ2) is 9.45. The molecule has 1 unspecified atom stereocenters. The zero-order valence-corrected chi connectivity index (χ0v) is 18.1. The van der Waals surface area contributed by atoms with Crippen LogP contribution >= 0.6 is 11.8 Å². The molecule has 0 radical (unpaired) electrons. The number of amides is 1. The molecule has 0 bridgehead atoms. The first-order valence-corrected chi connectivity index (χ1v) is 11.2. The Balaban J connectivity index is 1.26. The minimum Gasteiger partial charge on any atom is -0.411 e. The lowest BCUT2D eigenvalue weighted by molar-refractivity contribution is -0.130. The van der Waals surface area contributed by atoms with Gasteiger partial charge in [-0.05, 0) is 31.5 Å². The van der Waals surface area contributed by atoms with Crippen molar-refractivity contribution in [3.05, 3.63) is 65.7 Å². The fourth-order valence-electron chi connectivity index (χ4n) is 3.60. The molecule has 4 rings (SSSR count). The molecule has 0 N–H and O–H groups in total. The van der Waals surface area contributed by atoms with Gasteiger partial charge in [-0.25, -0.2) is 0 Å². The minimum absolute atomic E-state index is 0.113. The number of hydrogen-bond acceptors (Lipinski definition) is 6. The number of piperazine rings is 1. The molecule has 0 spiro atoms. The lowest BCUT2D eigenvalue weighted by Crippen LogP contribution is -2.49. The summed E-state index contributed by atoms with van der Waals surface area (Å²) >= 11 is 1.30. The molecule has 7 heteroatoms. The van der Waals surface area contributed by atoms with Crippen LogP contribution in [-0.4, -0.2) is 57.8 Å². The van der Waals surface area contributed by atoms with Crippen LogP contribution in [0.25, 0.3) is 11.5 Å². The number of aromatic nitrogens is 2. The first-order chi connectivity index (χ1) is 14.6. The van der Waals surface area contributed by atoms with Gasteiger partial charge in [0.15, 0.2) is 0 Å². The van der Waals surface area contributed by atoms with Gasteiger partial charge in [0.25, 0.3) is 5.22 Å². The van der Waals surface area contributed by atoms with E-state index in [-0.39, 0.29) is 5.91 Å². The summed E-state index contributed by atoms with van der Waals surface area (Å²) in [7, 11) is 0. The zero-order chi connectivity index (χ0) is 20.9. The van der Waals surface area contributed by atoms with E-state index < -0.39 is 0 Å². The molecule has 1 saturated heterocycles. The number of rotatable bonds is 6. The molecule has 2 heterocycles. The van der Waals surface area contributed by atoms with Crippen molar-refractivity contribution in [2.45, 2.75) is 25.1 Å². The van der Waals surface area contributed by atoms with Crippen LogP contribution in [0.15, 0.2) is 64.2 Å². The van der Waals surface area contributed by atoms with Gasteiger partial charge in [-0.15, -0.1) is 10.2 Å². The zero-order valence-electron chi connectivity index (χ0n) is 17.3. The van der Waals surface area contributed by atoms with Gasteiger partial charge in [0.1, 0.15) is 0 Å². The molecule has 6 nitrogen and oxygen atoms in total. The fourth-order valence-corrected chi connectivity index (χ4v) is 4.26. The SMILES string of the molecule is Cc1ccc(-c2nnc(SCC(=O)N3CCN(C(C)c4ccccc4)CC3)o2)cc1. The maximum absolute atomic E-state index is 12.6. The normalized spacial score (nSPS) is 15.9. The van der Waals surface area contributed by atoms with Crippen molar-refractivity contribution in [3.63, 3.8) is 0 Å². The smallest absolute Gasteiger partial charge is 0.277 e. The topological polar surface area (TPSA) is 62.5 Å². The van der Waals surface area contributed by atoms with E-state index in [9.17, 15) is 4.79 Å². The average molecular weight is 423 g/mol. The summed E-state index contributed by atoms with van der Waals surface area (Å²) in [4.78, 5) is 17.0. The predicted molar refractivity (Wildman–Crippen MR) is 118 cm³/mol. The van der Waals surface area contributed by atoms with Gasteiger partial charge >= 0.3 is 0 Å². The van der Waals surface area contributed by atoms with Crippen molar-refractivity contribution in [1.82, 2.24) is 20.0 Å². The molecule has 1 aromatic heterocycles. The third kappa shape index (κ3) is 4.91. The number of benzene rings is 2. The van der Waals surface area contributed by atoms with Crippen molar-refractivity contribution >= 4 is 17.7 Å². The summed E-state index contributed by atoms with van der Waals surface area (Å²) in [6, 6.07) is 18.8. The van der Waals surface area contributed by atoms with E-state index in [1.54, 1.807) is 0 Å². The van der Waals surface area contributed by atoms with Crippen molar-refractivity contribution in [2.75, 3.05) is 31.9 Å². The lowest BCUT2D eigenvalue weighted by Gasteiger charge is -2.38. The summed E-state index contributed by atoms with van der Waals surface area (Å²) in [6.07, 6.45) is 0. The first-order valence-electron chi connectivity index (χ1n) is 10.2. The molecule has 1 aliphatic heterocycles. The van der Waals surface area contributed by atoms with Crippen LogP contribution in [-0.2, 0) is 4.79 Å². The van der Waals surface area contributed by atoms with Crippen LogP contribution < -0.4 is 0 Å². The van der Waals surface area contributed by atoms with Crippen molar-refractivity contribution in [3.8, 4) is 11.5 Å². The Hall–Kier alpha value is -2.64. The lowest BCUT2D eigenvalue weighted by atomic mass is 10.1. The van der Waals surface area contributed by atoms with Gasteiger partial charge in [-0.2, -0.15) is 0 Å². The molecular formula is C23H26N4O2S. The summed E-state index contributed by atoms with van der Waals surface area (Å²) in [6.45, 7) is 7.51. The van der Waals surface area contributed by atoms with Crippen molar-refractivity contribution < 1.29 is 9.21 Å². The molecule has 0 aliphatic carbocycles. The third-order valence-electron chi connectivity index (χ3n) is 5.52. The number of thioether (sulfide) groups is 1. The van der Waals surface area contributed by atoms with Crippen LogP contribution in [0.4, 0.5) is 0 Å². The van der Waals surface area contributed by atoms with Gasteiger partial charge in [-0.3, -0.25) is 9.69 Å². The van der Waals surface area contributed by atoms with E-state index in [2.05, 4.69) is 46.3 Å². The maximum atomic E-state index is 12.6. The molecule has 1 aliphatic rings. The summed E-state index contributed by atoms with van der Waals surface area (Å²) in [5, 5.41) is 8.59. The van der Waals surface area contributed by atoms with Crippen LogP contribution in [0.2, 0.25) is 0 Å². The number of carbonyl (C=O) groups excluding carboxylic acids is 1. The Morgan fingerprint density at radius 3 is 2.43 bits per heavy atom. The second-order valence-corrected chi connectivity index (χ2v) is 8.46. The van der Waals surface area contributed by atoms with Crippen LogP contribution in [0.1, 0.15) is 24.1 Å². The Kier molecular flexibility index (Phi) is 6.50. The molecular weight excluding hydrogens is 396 g/mol.